The zero-order chi connectivity index (χ0) is 21.9. The fourth-order valence-electron chi connectivity index (χ4n) is 4.16. The number of aliphatic hydroxyl groups is 1. The molecule has 1 aromatic carbocycles. The van der Waals surface area contributed by atoms with Crippen LogP contribution in [-0.2, 0) is 24.4 Å². The fraction of sp³-hybridized carbons (Fsp3) is 0.524. The molecular weight excluding hydrogens is 416 g/mol. The van der Waals surface area contributed by atoms with Gasteiger partial charge in [0.2, 0.25) is 0 Å². The highest BCUT2D eigenvalue weighted by molar-refractivity contribution is 5.83. The summed E-state index contributed by atoms with van der Waals surface area (Å²) >= 11 is 0. The van der Waals surface area contributed by atoms with Gasteiger partial charge in [-0.2, -0.15) is 0 Å². The highest BCUT2D eigenvalue weighted by atomic mass is 16.6. The number of tetrazole rings is 1. The number of nitrogens with one attached hydrogen (secondary N) is 1. The van der Waals surface area contributed by atoms with Gasteiger partial charge in [-0.1, -0.05) is 0 Å². The van der Waals surface area contributed by atoms with Crippen molar-refractivity contribution in [1.82, 2.24) is 30.1 Å². The van der Waals surface area contributed by atoms with E-state index in [9.17, 15) is 9.90 Å². The molecule has 0 saturated carbocycles. The number of ether oxygens (including phenoxy) is 3. The average molecular weight is 442 g/mol. The molecule has 32 heavy (non-hydrogen) atoms. The van der Waals surface area contributed by atoms with Crippen LogP contribution in [0.1, 0.15) is 24.2 Å². The number of fused-ring (bicyclic) bond motifs is 2. The topological polar surface area (TPSA) is 128 Å². The van der Waals surface area contributed by atoms with Crippen molar-refractivity contribution in [1.29, 1.82) is 0 Å². The van der Waals surface area contributed by atoms with Crippen LogP contribution in [0.15, 0.2) is 23.0 Å². The summed E-state index contributed by atoms with van der Waals surface area (Å²) in [6, 6.07) is 5.52. The van der Waals surface area contributed by atoms with E-state index in [0.717, 1.165) is 24.8 Å². The first-order valence-electron chi connectivity index (χ1n) is 10.8. The molecule has 2 aromatic heterocycles. The second-order valence-corrected chi connectivity index (χ2v) is 8.05. The highest BCUT2D eigenvalue weighted by Crippen LogP contribution is 2.33. The molecule has 1 saturated heterocycles. The standard InChI is InChI=1S/C21H26N6O5/c28-4-3-26(13-20-23-24-25-27(20)12-16-2-1-5-30-16)11-15-8-14-9-18-19(32-7-6-31-18)10-17(14)22-21(15)29/h8-10,16,28H,1-7,11-13H2,(H,22,29)/t16-/m0/s1. The number of aromatic amines is 1. The minimum atomic E-state index is -0.184. The molecule has 170 valence electrons. The van der Waals surface area contributed by atoms with E-state index in [1.54, 1.807) is 10.7 Å². The number of hydrogen-bond donors (Lipinski definition) is 2. The van der Waals surface area contributed by atoms with Crippen molar-refractivity contribution < 1.29 is 19.3 Å². The third-order valence-corrected chi connectivity index (χ3v) is 5.77. The summed E-state index contributed by atoms with van der Waals surface area (Å²) in [4.78, 5) is 17.6. The molecule has 11 heteroatoms. The number of aromatic nitrogens is 5. The van der Waals surface area contributed by atoms with Crippen molar-refractivity contribution in [2.75, 3.05) is 33.0 Å². The second-order valence-electron chi connectivity index (χ2n) is 8.05. The largest absolute Gasteiger partial charge is 0.486 e. The second kappa shape index (κ2) is 9.23. The Labute approximate surface area is 183 Å². The third kappa shape index (κ3) is 4.45. The van der Waals surface area contributed by atoms with E-state index < -0.39 is 0 Å². The molecule has 11 nitrogen and oxygen atoms in total. The van der Waals surface area contributed by atoms with Gasteiger partial charge >= 0.3 is 0 Å². The summed E-state index contributed by atoms with van der Waals surface area (Å²) in [5.74, 6) is 1.97. The summed E-state index contributed by atoms with van der Waals surface area (Å²) in [6.45, 7) is 3.43. The van der Waals surface area contributed by atoms with Crippen molar-refractivity contribution in [3.8, 4) is 11.5 Å². The molecule has 2 aliphatic heterocycles. The van der Waals surface area contributed by atoms with E-state index in [0.29, 0.717) is 67.8 Å². The van der Waals surface area contributed by atoms with Gasteiger partial charge < -0.3 is 24.3 Å². The summed E-state index contributed by atoms with van der Waals surface area (Å²) in [5.41, 5.74) is 1.09. The Morgan fingerprint density at radius 2 is 2.00 bits per heavy atom. The normalized spacial score (nSPS) is 18.0. The lowest BCUT2D eigenvalue weighted by molar-refractivity contribution is 0.0912. The minimum Gasteiger partial charge on any atom is -0.486 e. The Kier molecular flexibility index (Phi) is 6.02. The molecule has 0 amide bonds. The van der Waals surface area contributed by atoms with Gasteiger partial charge in [-0.05, 0) is 35.4 Å². The quantitative estimate of drug-likeness (QED) is 0.511. The SMILES string of the molecule is O=c1[nH]c2cc3c(cc2cc1CN(CCO)Cc1nnnn1C[C@@H]1CCCO1)OCCO3. The molecule has 3 aromatic rings. The summed E-state index contributed by atoms with van der Waals surface area (Å²) < 4.78 is 18.7. The minimum absolute atomic E-state index is 0.0442. The number of nitrogens with zero attached hydrogens (tertiary/aromatic N) is 5. The molecule has 2 aliphatic rings. The van der Waals surface area contributed by atoms with Crippen LogP contribution in [-0.4, -0.2) is 74.3 Å². The van der Waals surface area contributed by atoms with Crippen molar-refractivity contribution in [2.24, 2.45) is 0 Å². The molecule has 0 aliphatic carbocycles. The average Bonchev–Trinajstić information content (AvgIpc) is 3.46. The van der Waals surface area contributed by atoms with Crippen LogP contribution in [0.2, 0.25) is 0 Å². The maximum atomic E-state index is 12.8. The van der Waals surface area contributed by atoms with Crippen molar-refractivity contribution in [2.45, 2.75) is 38.6 Å². The summed E-state index contributed by atoms with van der Waals surface area (Å²) in [5, 5.41) is 22.5. The van der Waals surface area contributed by atoms with Gasteiger partial charge in [0.25, 0.3) is 5.56 Å². The molecule has 2 N–H and O–H groups in total. The number of pyridine rings is 1. The Morgan fingerprint density at radius 1 is 1.16 bits per heavy atom. The number of hydrogen-bond acceptors (Lipinski definition) is 9. The first kappa shape index (κ1) is 20.9. The maximum Gasteiger partial charge on any atom is 0.252 e. The zero-order valence-corrected chi connectivity index (χ0v) is 17.7. The lowest BCUT2D eigenvalue weighted by Gasteiger charge is -2.21. The van der Waals surface area contributed by atoms with Crippen LogP contribution in [0.25, 0.3) is 10.9 Å². The van der Waals surface area contributed by atoms with Crippen LogP contribution >= 0.6 is 0 Å². The summed E-state index contributed by atoms with van der Waals surface area (Å²) in [7, 11) is 0. The van der Waals surface area contributed by atoms with E-state index in [-0.39, 0.29) is 18.3 Å². The fourth-order valence-corrected chi connectivity index (χ4v) is 4.16. The first-order valence-corrected chi connectivity index (χ1v) is 10.8. The Morgan fingerprint density at radius 3 is 2.78 bits per heavy atom. The highest BCUT2D eigenvalue weighted by Gasteiger charge is 2.21. The number of H-pyrrole nitrogens is 1. The lowest BCUT2D eigenvalue weighted by atomic mass is 10.1. The van der Waals surface area contributed by atoms with Crippen LogP contribution in [0.3, 0.4) is 0 Å². The van der Waals surface area contributed by atoms with E-state index in [1.807, 2.05) is 17.0 Å². The van der Waals surface area contributed by atoms with Crippen molar-refractivity contribution in [3.63, 3.8) is 0 Å². The Hall–Kier alpha value is -3.02. The molecule has 1 fully saturated rings. The van der Waals surface area contributed by atoms with Crippen molar-refractivity contribution >= 4 is 10.9 Å². The van der Waals surface area contributed by atoms with E-state index in [2.05, 4.69) is 20.5 Å². The van der Waals surface area contributed by atoms with Gasteiger partial charge in [-0.25, -0.2) is 4.68 Å². The van der Waals surface area contributed by atoms with Gasteiger partial charge in [0.15, 0.2) is 17.3 Å². The van der Waals surface area contributed by atoms with Gasteiger partial charge in [0.05, 0.1) is 31.3 Å². The van der Waals surface area contributed by atoms with Crippen LogP contribution in [0.5, 0.6) is 11.5 Å². The molecule has 0 spiro atoms. The predicted octanol–water partition coefficient (Wildman–Crippen LogP) is 0.459. The molecule has 1 atom stereocenters. The first-order chi connectivity index (χ1) is 15.7. The van der Waals surface area contributed by atoms with Gasteiger partial charge in [0, 0.05) is 36.7 Å². The van der Waals surface area contributed by atoms with E-state index >= 15 is 0 Å². The molecule has 0 bridgehead atoms. The molecule has 4 heterocycles. The molecule has 5 rings (SSSR count). The maximum absolute atomic E-state index is 12.8. The molecule has 0 radical (unpaired) electrons. The smallest absolute Gasteiger partial charge is 0.252 e. The predicted molar refractivity (Wildman–Crippen MR) is 114 cm³/mol. The van der Waals surface area contributed by atoms with Crippen LogP contribution in [0.4, 0.5) is 0 Å². The van der Waals surface area contributed by atoms with Gasteiger partial charge in [-0.15, -0.1) is 5.10 Å². The Bertz CT molecular complexity index is 1140. The van der Waals surface area contributed by atoms with Crippen LogP contribution < -0.4 is 15.0 Å². The number of aliphatic hydroxyl groups excluding tert-OH is 1. The molecular formula is C21H26N6O5. The lowest BCUT2D eigenvalue weighted by Crippen LogP contribution is -2.31. The Balaban J connectivity index is 1.36. The van der Waals surface area contributed by atoms with Gasteiger partial charge in [0.1, 0.15) is 13.2 Å². The van der Waals surface area contributed by atoms with Crippen molar-refractivity contribution in [3.05, 3.63) is 39.9 Å². The van der Waals surface area contributed by atoms with Gasteiger partial charge in [-0.3, -0.25) is 9.69 Å². The third-order valence-electron chi connectivity index (χ3n) is 5.77. The number of benzene rings is 1. The molecule has 0 unspecified atom stereocenters. The van der Waals surface area contributed by atoms with E-state index in [4.69, 9.17) is 14.2 Å². The van der Waals surface area contributed by atoms with E-state index in [1.165, 1.54) is 0 Å². The monoisotopic (exact) mass is 442 g/mol. The van der Waals surface area contributed by atoms with Crippen LogP contribution in [0, 0.1) is 0 Å². The number of rotatable bonds is 8. The summed E-state index contributed by atoms with van der Waals surface area (Å²) in [6.07, 6.45) is 2.15. The zero-order valence-electron chi connectivity index (χ0n) is 17.7.